The average molecular weight is 205 g/mol. The van der Waals surface area contributed by atoms with Crippen LogP contribution < -0.4 is 5.32 Å². The number of rotatable bonds is 3. The van der Waals surface area contributed by atoms with E-state index in [1.165, 1.54) is 17.1 Å². The van der Waals surface area contributed by atoms with Gasteiger partial charge in [0.05, 0.1) is 6.20 Å². The van der Waals surface area contributed by atoms with Crippen molar-refractivity contribution >= 4 is 16.5 Å². The summed E-state index contributed by atoms with van der Waals surface area (Å²) < 4.78 is 3.80. The monoisotopic (exact) mass is 205 g/mol. The van der Waals surface area contributed by atoms with Gasteiger partial charge >= 0.3 is 0 Å². The van der Waals surface area contributed by atoms with Crippen LogP contribution in [0.3, 0.4) is 0 Å². The predicted octanol–water partition coefficient (Wildman–Crippen LogP) is 2.71. The maximum Gasteiger partial charge on any atom is 0.130 e. The standard InChI is InChI=1S/C10H11N3S/c1-8(9-5-3-2-4-6-9)12-10-7-11-13-14-10/h2-8,12H,1H3. The molecule has 1 aromatic heterocycles. The summed E-state index contributed by atoms with van der Waals surface area (Å²) in [5.41, 5.74) is 1.26. The molecular formula is C10H11N3S. The van der Waals surface area contributed by atoms with Crippen LogP contribution in [0.1, 0.15) is 18.5 Å². The summed E-state index contributed by atoms with van der Waals surface area (Å²) in [5, 5.41) is 8.11. The lowest BCUT2D eigenvalue weighted by molar-refractivity contribution is 0.888. The number of anilines is 1. The van der Waals surface area contributed by atoms with Crippen LogP contribution in [0.2, 0.25) is 0 Å². The van der Waals surface area contributed by atoms with Crippen molar-refractivity contribution < 1.29 is 0 Å². The van der Waals surface area contributed by atoms with E-state index in [0.717, 1.165) is 5.00 Å². The molecule has 1 unspecified atom stereocenters. The van der Waals surface area contributed by atoms with Crippen molar-refractivity contribution in [1.82, 2.24) is 9.59 Å². The molecule has 1 aromatic carbocycles. The van der Waals surface area contributed by atoms with Crippen LogP contribution in [0.4, 0.5) is 5.00 Å². The molecule has 2 rings (SSSR count). The lowest BCUT2D eigenvalue weighted by Crippen LogP contribution is -2.04. The van der Waals surface area contributed by atoms with Gasteiger partial charge in [0.25, 0.3) is 0 Å². The number of nitrogens with zero attached hydrogens (tertiary/aromatic N) is 2. The van der Waals surface area contributed by atoms with Crippen molar-refractivity contribution in [2.24, 2.45) is 0 Å². The van der Waals surface area contributed by atoms with E-state index in [1.807, 2.05) is 18.2 Å². The van der Waals surface area contributed by atoms with E-state index < -0.39 is 0 Å². The zero-order valence-electron chi connectivity index (χ0n) is 7.84. The molecule has 0 radical (unpaired) electrons. The average Bonchev–Trinajstić information content (AvgIpc) is 2.72. The fourth-order valence-electron chi connectivity index (χ4n) is 1.27. The molecule has 4 heteroatoms. The Morgan fingerprint density at radius 3 is 2.71 bits per heavy atom. The summed E-state index contributed by atoms with van der Waals surface area (Å²) in [6.45, 7) is 2.12. The number of nitrogens with one attached hydrogen (secondary N) is 1. The molecule has 0 amide bonds. The molecule has 14 heavy (non-hydrogen) atoms. The number of aromatic nitrogens is 2. The highest BCUT2D eigenvalue weighted by molar-refractivity contribution is 7.09. The Balaban J connectivity index is 2.07. The first-order chi connectivity index (χ1) is 6.86. The predicted molar refractivity (Wildman–Crippen MR) is 58.4 cm³/mol. The minimum Gasteiger partial charge on any atom is -0.368 e. The minimum absolute atomic E-state index is 0.290. The third kappa shape index (κ3) is 2.09. The summed E-state index contributed by atoms with van der Waals surface area (Å²) in [5.74, 6) is 0. The Bertz CT molecular complexity index is 372. The SMILES string of the molecule is CC(Nc1cnns1)c1ccccc1. The maximum atomic E-state index is 3.80. The van der Waals surface area contributed by atoms with E-state index in [4.69, 9.17) is 0 Å². The van der Waals surface area contributed by atoms with E-state index in [2.05, 4.69) is 34.0 Å². The van der Waals surface area contributed by atoms with Gasteiger partial charge in [0, 0.05) is 17.6 Å². The van der Waals surface area contributed by atoms with Crippen LogP contribution in [0.25, 0.3) is 0 Å². The van der Waals surface area contributed by atoms with Gasteiger partial charge in [-0.1, -0.05) is 34.8 Å². The molecule has 0 fully saturated rings. The molecule has 0 spiro atoms. The second kappa shape index (κ2) is 4.19. The molecule has 72 valence electrons. The van der Waals surface area contributed by atoms with Gasteiger partial charge in [0.15, 0.2) is 0 Å². The smallest absolute Gasteiger partial charge is 0.130 e. The summed E-state index contributed by atoms with van der Waals surface area (Å²) >= 11 is 1.37. The van der Waals surface area contributed by atoms with Crippen LogP contribution in [0.5, 0.6) is 0 Å². The van der Waals surface area contributed by atoms with E-state index in [0.29, 0.717) is 6.04 Å². The zero-order chi connectivity index (χ0) is 9.80. The quantitative estimate of drug-likeness (QED) is 0.837. The minimum atomic E-state index is 0.290. The summed E-state index contributed by atoms with van der Waals surface area (Å²) in [7, 11) is 0. The highest BCUT2D eigenvalue weighted by atomic mass is 32.1. The number of benzene rings is 1. The Kier molecular flexibility index (Phi) is 2.74. The molecule has 0 saturated heterocycles. The maximum absolute atomic E-state index is 3.80. The van der Waals surface area contributed by atoms with Gasteiger partial charge < -0.3 is 5.32 Å². The van der Waals surface area contributed by atoms with Crippen molar-refractivity contribution in [1.29, 1.82) is 0 Å². The van der Waals surface area contributed by atoms with Crippen LogP contribution in [0, 0.1) is 0 Å². The Morgan fingerprint density at radius 1 is 1.29 bits per heavy atom. The Morgan fingerprint density at radius 2 is 2.07 bits per heavy atom. The van der Waals surface area contributed by atoms with Crippen molar-refractivity contribution in [3.63, 3.8) is 0 Å². The normalized spacial score (nSPS) is 12.4. The fourth-order valence-corrected chi connectivity index (χ4v) is 1.78. The van der Waals surface area contributed by atoms with Crippen molar-refractivity contribution in [2.45, 2.75) is 13.0 Å². The topological polar surface area (TPSA) is 37.8 Å². The van der Waals surface area contributed by atoms with Crippen molar-refractivity contribution in [2.75, 3.05) is 5.32 Å². The largest absolute Gasteiger partial charge is 0.368 e. The molecule has 2 aromatic rings. The third-order valence-electron chi connectivity index (χ3n) is 2.02. The van der Waals surface area contributed by atoms with Crippen LogP contribution in [0.15, 0.2) is 36.5 Å². The van der Waals surface area contributed by atoms with Crippen molar-refractivity contribution in [3.8, 4) is 0 Å². The first-order valence-corrected chi connectivity index (χ1v) is 5.22. The second-order valence-corrected chi connectivity index (χ2v) is 3.84. The van der Waals surface area contributed by atoms with Gasteiger partial charge in [0.2, 0.25) is 0 Å². The number of hydrogen-bond donors (Lipinski definition) is 1. The van der Waals surface area contributed by atoms with Crippen LogP contribution >= 0.6 is 11.5 Å². The van der Waals surface area contributed by atoms with E-state index in [9.17, 15) is 0 Å². The Hall–Kier alpha value is -1.42. The first kappa shape index (κ1) is 9.15. The van der Waals surface area contributed by atoms with Gasteiger partial charge in [-0.05, 0) is 12.5 Å². The summed E-state index contributed by atoms with van der Waals surface area (Å²) in [6.07, 6.45) is 1.74. The molecular weight excluding hydrogens is 194 g/mol. The molecule has 3 nitrogen and oxygen atoms in total. The summed E-state index contributed by atoms with van der Waals surface area (Å²) in [6, 6.07) is 10.6. The molecule has 0 aliphatic carbocycles. The van der Waals surface area contributed by atoms with Crippen molar-refractivity contribution in [3.05, 3.63) is 42.1 Å². The lowest BCUT2D eigenvalue weighted by Gasteiger charge is -2.12. The van der Waals surface area contributed by atoms with Gasteiger partial charge in [-0.25, -0.2) is 0 Å². The van der Waals surface area contributed by atoms with Crippen LogP contribution in [-0.4, -0.2) is 9.59 Å². The highest BCUT2D eigenvalue weighted by Crippen LogP contribution is 2.19. The molecule has 0 bridgehead atoms. The molecule has 1 N–H and O–H groups in total. The fraction of sp³-hybridized carbons (Fsp3) is 0.200. The van der Waals surface area contributed by atoms with E-state index in [1.54, 1.807) is 6.20 Å². The molecule has 1 atom stereocenters. The van der Waals surface area contributed by atoms with Gasteiger partial charge in [0.1, 0.15) is 5.00 Å². The molecule has 0 aliphatic heterocycles. The molecule has 0 saturated carbocycles. The third-order valence-corrected chi connectivity index (χ3v) is 2.62. The summed E-state index contributed by atoms with van der Waals surface area (Å²) in [4.78, 5) is 0. The highest BCUT2D eigenvalue weighted by Gasteiger charge is 2.04. The van der Waals surface area contributed by atoms with E-state index in [-0.39, 0.29) is 0 Å². The second-order valence-electron chi connectivity index (χ2n) is 3.06. The number of hydrogen-bond acceptors (Lipinski definition) is 4. The van der Waals surface area contributed by atoms with Gasteiger partial charge in [-0.2, -0.15) is 0 Å². The Labute approximate surface area is 87.0 Å². The lowest BCUT2D eigenvalue weighted by atomic mass is 10.1. The zero-order valence-corrected chi connectivity index (χ0v) is 8.66. The first-order valence-electron chi connectivity index (χ1n) is 4.45. The molecule has 1 heterocycles. The van der Waals surface area contributed by atoms with E-state index >= 15 is 0 Å². The van der Waals surface area contributed by atoms with Crippen LogP contribution in [-0.2, 0) is 0 Å². The molecule has 0 aliphatic rings. The van der Waals surface area contributed by atoms with Gasteiger partial charge in [-0.3, -0.25) is 0 Å². The van der Waals surface area contributed by atoms with Gasteiger partial charge in [-0.15, -0.1) is 5.10 Å².